The monoisotopic (exact) mass is 265 g/mol. The molecule has 3 rings (SSSR count). The van der Waals surface area contributed by atoms with Gasteiger partial charge < -0.3 is 4.90 Å². The van der Waals surface area contributed by atoms with Crippen molar-refractivity contribution in [1.29, 1.82) is 0 Å². The summed E-state index contributed by atoms with van der Waals surface area (Å²) in [6.45, 7) is 1.12. The van der Waals surface area contributed by atoms with Crippen molar-refractivity contribution in [2.75, 3.05) is 18.5 Å². The molecule has 0 saturated heterocycles. The van der Waals surface area contributed by atoms with Gasteiger partial charge in [0.25, 0.3) is 0 Å². The molecule has 2 bridgehead atoms. The molecule has 0 N–H and O–H groups in total. The van der Waals surface area contributed by atoms with Gasteiger partial charge in [-0.15, -0.1) is 16.7 Å². The number of anilines is 1. The largest absolute Gasteiger partial charge is 0.358 e. The Balaban J connectivity index is 1.62. The number of rotatable bonds is 4. The molecule has 0 amide bonds. The Hall–Kier alpha value is -0.830. The second-order valence-corrected chi connectivity index (χ2v) is 6.10. The summed E-state index contributed by atoms with van der Waals surface area (Å²) in [7, 11) is 2.12. The molecule has 0 spiro atoms. The molecule has 98 valence electrons. The van der Waals surface area contributed by atoms with Gasteiger partial charge in [-0.3, -0.25) is 0 Å². The maximum Gasteiger partial charge on any atom is 0.150 e. The standard InChI is InChI=1S/C14H20ClN3/c1-18(14-5-4-13(8-15)16-17-14)9-12-7-10-2-3-11(12)6-10/h4-5,10-12H,2-3,6-9H2,1H3. The van der Waals surface area contributed by atoms with Gasteiger partial charge in [0.1, 0.15) is 0 Å². The van der Waals surface area contributed by atoms with Crippen LogP contribution in [0.2, 0.25) is 0 Å². The maximum atomic E-state index is 5.72. The van der Waals surface area contributed by atoms with E-state index in [2.05, 4.69) is 22.1 Å². The summed E-state index contributed by atoms with van der Waals surface area (Å²) in [5, 5.41) is 8.36. The van der Waals surface area contributed by atoms with E-state index in [0.717, 1.165) is 35.8 Å². The van der Waals surface area contributed by atoms with Gasteiger partial charge in [-0.25, -0.2) is 0 Å². The van der Waals surface area contributed by atoms with Crippen LogP contribution in [0.4, 0.5) is 5.82 Å². The molecule has 0 aliphatic heterocycles. The van der Waals surface area contributed by atoms with Crippen LogP contribution in [0.15, 0.2) is 12.1 Å². The van der Waals surface area contributed by atoms with Crippen molar-refractivity contribution >= 4 is 17.4 Å². The molecule has 2 aliphatic carbocycles. The molecular weight excluding hydrogens is 246 g/mol. The number of aromatic nitrogens is 2. The van der Waals surface area contributed by atoms with E-state index in [1.807, 2.05) is 12.1 Å². The molecule has 3 unspecified atom stereocenters. The Morgan fingerprint density at radius 1 is 1.28 bits per heavy atom. The molecule has 1 aromatic heterocycles. The van der Waals surface area contributed by atoms with Crippen molar-refractivity contribution in [2.45, 2.75) is 31.6 Å². The zero-order valence-corrected chi connectivity index (χ0v) is 11.6. The van der Waals surface area contributed by atoms with E-state index in [4.69, 9.17) is 11.6 Å². The molecule has 4 heteroatoms. The topological polar surface area (TPSA) is 29.0 Å². The van der Waals surface area contributed by atoms with Crippen molar-refractivity contribution in [2.24, 2.45) is 17.8 Å². The van der Waals surface area contributed by atoms with E-state index in [0.29, 0.717) is 5.88 Å². The fraction of sp³-hybridized carbons (Fsp3) is 0.714. The molecule has 18 heavy (non-hydrogen) atoms. The molecule has 0 aromatic carbocycles. The van der Waals surface area contributed by atoms with Crippen molar-refractivity contribution in [3.05, 3.63) is 17.8 Å². The van der Waals surface area contributed by atoms with Crippen LogP contribution in [0.5, 0.6) is 0 Å². The summed E-state index contributed by atoms with van der Waals surface area (Å²) >= 11 is 5.72. The van der Waals surface area contributed by atoms with E-state index >= 15 is 0 Å². The normalized spacial score (nSPS) is 29.8. The van der Waals surface area contributed by atoms with Gasteiger partial charge in [0, 0.05) is 13.6 Å². The predicted octanol–water partition coefficient (Wildman–Crippen LogP) is 3.09. The van der Waals surface area contributed by atoms with Gasteiger partial charge in [0.2, 0.25) is 0 Å². The first-order valence-electron chi connectivity index (χ1n) is 6.86. The molecule has 3 nitrogen and oxygen atoms in total. The molecule has 2 fully saturated rings. The Morgan fingerprint density at radius 3 is 2.72 bits per heavy atom. The average molecular weight is 266 g/mol. The zero-order chi connectivity index (χ0) is 12.5. The number of halogens is 1. The average Bonchev–Trinajstić information content (AvgIpc) is 3.01. The summed E-state index contributed by atoms with van der Waals surface area (Å²) in [5.41, 5.74) is 0.841. The third-order valence-electron chi connectivity index (χ3n) is 4.63. The summed E-state index contributed by atoms with van der Waals surface area (Å²) in [5.74, 6) is 4.24. The first-order chi connectivity index (χ1) is 8.76. The lowest BCUT2D eigenvalue weighted by Crippen LogP contribution is -2.29. The summed E-state index contributed by atoms with van der Waals surface area (Å²) in [4.78, 5) is 2.25. The lowest BCUT2D eigenvalue weighted by atomic mass is 9.88. The summed E-state index contributed by atoms with van der Waals surface area (Å²) in [6.07, 6.45) is 5.80. The van der Waals surface area contributed by atoms with Crippen LogP contribution in [0.3, 0.4) is 0 Å². The highest BCUT2D eigenvalue weighted by Gasteiger charge is 2.39. The van der Waals surface area contributed by atoms with E-state index in [1.54, 1.807) is 0 Å². The second kappa shape index (κ2) is 5.04. The van der Waals surface area contributed by atoms with Gasteiger partial charge >= 0.3 is 0 Å². The highest BCUT2D eigenvalue weighted by molar-refractivity contribution is 6.16. The van der Waals surface area contributed by atoms with Gasteiger partial charge in [-0.05, 0) is 49.1 Å². The van der Waals surface area contributed by atoms with Crippen molar-refractivity contribution in [3.63, 3.8) is 0 Å². The van der Waals surface area contributed by atoms with Gasteiger partial charge in [-0.1, -0.05) is 6.42 Å². The fourth-order valence-electron chi connectivity index (χ4n) is 3.67. The van der Waals surface area contributed by atoms with Crippen LogP contribution < -0.4 is 4.90 Å². The number of hydrogen-bond donors (Lipinski definition) is 0. The minimum absolute atomic E-state index is 0.434. The Kier molecular flexibility index (Phi) is 3.42. The summed E-state index contributed by atoms with van der Waals surface area (Å²) in [6, 6.07) is 3.99. The zero-order valence-electron chi connectivity index (χ0n) is 10.8. The Labute approximate surface area is 114 Å². The van der Waals surface area contributed by atoms with E-state index in [-0.39, 0.29) is 0 Å². The van der Waals surface area contributed by atoms with Crippen LogP contribution in [0.1, 0.15) is 31.4 Å². The van der Waals surface area contributed by atoms with Crippen molar-refractivity contribution in [3.8, 4) is 0 Å². The molecule has 2 saturated carbocycles. The van der Waals surface area contributed by atoms with E-state index in [9.17, 15) is 0 Å². The van der Waals surface area contributed by atoms with Crippen LogP contribution in [-0.2, 0) is 5.88 Å². The molecule has 0 radical (unpaired) electrons. The second-order valence-electron chi connectivity index (χ2n) is 5.83. The smallest absolute Gasteiger partial charge is 0.150 e. The maximum absolute atomic E-state index is 5.72. The van der Waals surface area contributed by atoms with Gasteiger partial charge in [0.15, 0.2) is 5.82 Å². The Morgan fingerprint density at radius 2 is 2.17 bits per heavy atom. The Bertz CT molecular complexity index is 406. The first kappa shape index (κ1) is 12.2. The lowest BCUT2D eigenvalue weighted by Gasteiger charge is -2.27. The SMILES string of the molecule is CN(CC1CC2CCC1C2)c1ccc(CCl)nn1. The molecule has 1 aromatic rings. The predicted molar refractivity (Wildman–Crippen MR) is 73.8 cm³/mol. The van der Waals surface area contributed by atoms with E-state index in [1.165, 1.54) is 25.7 Å². The molecular formula is C14H20ClN3. The number of alkyl halides is 1. The van der Waals surface area contributed by atoms with Crippen molar-refractivity contribution in [1.82, 2.24) is 10.2 Å². The highest BCUT2D eigenvalue weighted by Crippen LogP contribution is 2.48. The van der Waals surface area contributed by atoms with Crippen LogP contribution in [-0.4, -0.2) is 23.8 Å². The lowest BCUT2D eigenvalue weighted by molar-refractivity contribution is 0.337. The minimum Gasteiger partial charge on any atom is -0.358 e. The van der Waals surface area contributed by atoms with E-state index < -0.39 is 0 Å². The molecule has 2 aliphatic rings. The van der Waals surface area contributed by atoms with Gasteiger partial charge in [0.05, 0.1) is 11.6 Å². The number of fused-ring (bicyclic) bond motifs is 2. The van der Waals surface area contributed by atoms with Crippen LogP contribution in [0, 0.1) is 17.8 Å². The third-order valence-corrected chi connectivity index (χ3v) is 4.90. The quantitative estimate of drug-likeness (QED) is 0.784. The molecule has 1 heterocycles. The fourth-order valence-corrected chi connectivity index (χ4v) is 3.82. The van der Waals surface area contributed by atoms with Crippen LogP contribution in [0.25, 0.3) is 0 Å². The highest BCUT2D eigenvalue weighted by atomic mass is 35.5. The number of hydrogen-bond acceptors (Lipinski definition) is 3. The first-order valence-corrected chi connectivity index (χ1v) is 7.39. The third kappa shape index (κ3) is 2.33. The van der Waals surface area contributed by atoms with Crippen LogP contribution >= 0.6 is 11.6 Å². The molecule has 3 atom stereocenters. The number of nitrogens with zero attached hydrogens (tertiary/aromatic N) is 3. The van der Waals surface area contributed by atoms with Gasteiger partial charge in [-0.2, -0.15) is 5.10 Å². The summed E-state index contributed by atoms with van der Waals surface area (Å²) < 4.78 is 0. The minimum atomic E-state index is 0.434. The van der Waals surface area contributed by atoms with Crippen molar-refractivity contribution < 1.29 is 0 Å².